The van der Waals surface area contributed by atoms with E-state index in [1.807, 2.05) is 6.07 Å². The van der Waals surface area contributed by atoms with Crippen molar-refractivity contribution in [2.24, 2.45) is 0 Å². The highest BCUT2D eigenvalue weighted by Crippen LogP contribution is 2.16. The topological polar surface area (TPSA) is 79.9 Å². The Morgan fingerprint density at radius 3 is 3.06 bits per heavy atom. The van der Waals surface area contributed by atoms with Crippen molar-refractivity contribution in [1.29, 1.82) is 0 Å². The molecule has 0 saturated carbocycles. The molecule has 0 saturated heterocycles. The lowest BCUT2D eigenvalue weighted by atomic mass is 10.1. The number of H-pyrrole nitrogens is 1. The van der Waals surface area contributed by atoms with Gasteiger partial charge in [0.25, 0.3) is 5.91 Å². The molecule has 0 aliphatic heterocycles. The molecule has 0 unspecified atom stereocenters. The Bertz CT molecular complexity index is 481. The second-order valence-electron chi connectivity index (χ2n) is 3.07. The van der Waals surface area contributed by atoms with Crippen molar-refractivity contribution in [3.05, 3.63) is 36.0 Å². The number of hydrogen-bond donors (Lipinski definition) is 2. The van der Waals surface area contributed by atoms with Crippen LogP contribution in [0, 0.1) is 0 Å². The van der Waals surface area contributed by atoms with Crippen LogP contribution in [0.1, 0.15) is 10.4 Å². The van der Waals surface area contributed by atoms with Gasteiger partial charge in [0.15, 0.2) is 0 Å². The number of aromatic nitrogens is 3. The molecule has 2 N–H and O–H groups in total. The summed E-state index contributed by atoms with van der Waals surface area (Å²) < 4.78 is 0. The maximum absolute atomic E-state index is 11.5. The highest BCUT2D eigenvalue weighted by molar-refractivity contribution is 5.94. The van der Waals surface area contributed by atoms with Crippen molar-refractivity contribution in [3.63, 3.8) is 0 Å². The van der Waals surface area contributed by atoms with E-state index in [4.69, 9.17) is 0 Å². The molecule has 0 aliphatic rings. The standard InChI is InChI=1S/C10H10N4O2/c1-16-13-10(15)8-4-2-3-7(5-8)9-6-11-14-12-9/h2-6H,1H3,(H,13,15)(H,11,12,14). The average Bonchev–Trinajstić information content (AvgIpc) is 2.83. The largest absolute Gasteiger partial charge is 0.277 e. The van der Waals surface area contributed by atoms with Gasteiger partial charge in [-0.25, -0.2) is 5.48 Å². The smallest absolute Gasteiger partial charge is 0.274 e. The molecule has 0 bridgehead atoms. The van der Waals surface area contributed by atoms with Crippen LogP contribution >= 0.6 is 0 Å². The lowest BCUT2D eigenvalue weighted by Gasteiger charge is -2.03. The molecule has 0 radical (unpaired) electrons. The molecular weight excluding hydrogens is 208 g/mol. The van der Waals surface area contributed by atoms with Crippen molar-refractivity contribution < 1.29 is 9.63 Å². The number of hydroxylamine groups is 1. The fourth-order valence-electron chi connectivity index (χ4n) is 1.31. The predicted octanol–water partition coefficient (Wildman–Crippen LogP) is 0.763. The van der Waals surface area contributed by atoms with E-state index in [1.165, 1.54) is 7.11 Å². The van der Waals surface area contributed by atoms with Crippen LogP contribution in [0.3, 0.4) is 0 Å². The van der Waals surface area contributed by atoms with Crippen molar-refractivity contribution in [3.8, 4) is 11.3 Å². The first kappa shape index (κ1) is 10.3. The van der Waals surface area contributed by atoms with E-state index in [0.717, 1.165) is 5.56 Å². The summed E-state index contributed by atoms with van der Waals surface area (Å²) in [5, 5.41) is 10.2. The van der Waals surface area contributed by atoms with Gasteiger partial charge >= 0.3 is 0 Å². The minimum absolute atomic E-state index is 0.298. The number of nitrogens with one attached hydrogen (secondary N) is 2. The Morgan fingerprint density at radius 1 is 1.50 bits per heavy atom. The van der Waals surface area contributed by atoms with Crippen LogP contribution in [0.4, 0.5) is 0 Å². The van der Waals surface area contributed by atoms with Crippen LogP contribution in [0.2, 0.25) is 0 Å². The van der Waals surface area contributed by atoms with Crippen LogP contribution in [-0.2, 0) is 4.84 Å². The third-order valence-electron chi connectivity index (χ3n) is 2.03. The second-order valence-corrected chi connectivity index (χ2v) is 3.07. The van der Waals surface area contributed by atoms with E-state index < -0.39 is 0 Å². The molecule has 2 aromatic rings. The summed E-state index contributed by atoms with van der Waals surface area (Å²) in [6.45, 7) is 0. The lowest BCUT2D eigenvalue weighted by molar-refractivity contribution is 0.0537. The number of nitrogens with zero attached hydrogens (tertiary/aromatic N) is 2. The number of rotatable bonds is 3. The van der Waals surface area contributed by atoms with E-state index in [2.05, 4.69) is 25.7 Å². The normalized spacial score (nSPS) is 10.1. The van der Waals surface area contributed by atoms with Gasteiger partial charge in [-0.15, -0.1) is 0 Å². The molecule has 0 atom stereocenters. The van der Waals surface area contributed by atoms with E-state index in [-0.39, 0.29) is 5.91 Å². The van der Waals surface area contributed by atoms with E-state index in [9.17, 15) is 4.79 Å². The van der Waals surface area contributed by atoms with Crippen molar-refractivity contribution >= 4 is 5.91 Å². The van der Waals surface area contributed by atoms with Gasteiger partial charge in [0.1, 0.15) is 5.69 Å². The average molecular weight is 218 g/mol. The zero-order valence-corrected chi connectivity index (χ0v) is 8.60. The first-order chi connectivity index (χ1) is 7.81. The number of hydrogen-bond acceptors (Lipinski definition) is 4. The van der Waals surface area contributed by atoms with Gasteiger partial charge in [-0.2, -0.15) is 15.4 Å². The number of amides is 1. The minimum atomic E-state index is -0.298. The summed E-state index contributed by atoms with van der Waals surface area (Å²) in [6, 6.07) is 7.03. The number of aromatic amines is 1. The summed E-state index contributed by atoms with van der Waals surface area (Å²) >= 11 is 0. The zero-order valence-electron chi connectivity index (χ0n) is 8.60. The van der Waals surface area contributed by atoms with Gasteiger partial charge in [0.2, 0.25) is 0 Å². The maximum Gasteiger partial charge on any atom is 0.274 e. The number of carbonyl (C=O) groups is 1. The molecule has 0 fully saturated rings. The van der Waals surface area contributed by atoms with Gasteiger partial charge in [0.05, 0.1) is 13.3 Å². The Balaban J connectivity index is 2.30. The molecule has 6 nitrogen and oxygen atoms in total. The SMILES string of the molecule is CONC(=O)c1cccc(-c2cn[nH]n2)c1. The monoisotopic (exact) mass is 218 g/mol. The molecule has 82 valence electrons. The van der Waals surface area contributed by atoms with Crippen LogP contribution in [0.15, 0.2) is 30.5 Å². The molecule has 1 heterocycles. The van der Waals surface area contributed by atoms with Crippen LogP contribution < -0.4 is 5.48 Å². The van der Waals surface area contributed by atoms with Gasteiger partial charge in [-0.3, -0.25) is 9.63 Å². The fraction of sp³-hybridized carbons (Fsp3) is 0.100. The first-order valence-electron chi connectivity index (χ1n) is 4.61. The number of carbonyl (C=O) groups excluding carboxylic acids is 1. The number of benzene rings is 1. The van der Waals surface area contributed by atoms with E-state index in [1.54, 1.807) is 24.4 Å². The summed E-state index contributed by atoms with van der Waals surface area (Å²) in [5.41, 5.74) is 4.26. The maximum atomic E-state index is 11.5. The zero-order chi connectivity index (χ0) is 11.4. The fourth-order valence-corrected chi connectivity index (χ4v) is 1.31. The Morgan fingerprint density at radius 2 is 2.38 bits per heavy atom. The molecule has 2 rings (SSSR count). The summed E-state index contributed by atoms with van der Waals surface area (Å²) in [7, 11) is 1.39. The molecule has 6 heteroatoms. The predicted molar refractivity (Wildman–Crippen MR) is 56.3 cm³/mol. The van der Waals surface area contributed by atoms with E-state index in [0.29, 0.717) is 11.3 Å². The van der Waals surface area contributed by atoms with Gasteiger partial charge in [-0.1, -0.05) is 12.1 Å². The molecule has 0 spiro atoms. The molecule has 1 aromatic heterocycles. The molecule has 16 heavy (non-hydrogen) atoms. The minimum Gasteiger partial charge on any atom is -0.277 e. The Hall–Kier alpha value is -2.21. The molecule has 0 aliphatic carbocycles. The second kappa shape index (κ2) is 4.54. The highest BCUT2D eigenvalue weighted by atomic mass is 16.6. The van der Waals surface area contributed by atoms with Crippen LogP contribution in [-0.4, -0.2) is 28.4 Å². The quantitative estimate of drug-likeness (QED) is 0.745. The lowest BCUT2D eigenvalue weighted by Crippen LogP contribution is -2.21. The van der Waals surface area contributed by atoms with Gasteiger partial charge < -0.3 is 0 Å². The van der Waals surface area contributed by atoms with Crippen LogP contribution in [0.25, 0.3) is 11.3 Å². The van der Waals surface area contributed by atoms with Crippen LogP contribution in [0.5, 0.6) is 0 Å². The van der Waals surface area contributed by atoms with Gasteiger partial charge in [0, 0.05) is 11.1 Å². The Labute approximate surface area is 91.6 Å². The Kier molecular flexibility index (Phi) is 2.93. The third-order valence-corrected chi connectivity index (χ3v) is 2.03. The summed E-state index contributed by atoms with van der Waals surface area (Å²) in [4.78, 5) is 16.0. The third kappa shape index (κ3) is 2.06. The molecule has 1 amide bonds. The molecular formula is C10H10N4O2. The van der Waals surface area contributed by atoms with Crippen molar-refractivity contribution in [2.45, 2.75) is 0 Å². The first-order valence-corrected chi connectivity index (χ1v) is 4.61. The van der Waals surface area contributed by atoms with Crippen molar-refractivity contribution in [1.82, 2.24) is 20.9 Å². The molecule has 1 aromatic carbocycles. The summed E-state index contributed by atoms with van der Waals surface area (Å²) in [5.74, 6) is -0.298. The van der Waals surface area contributed by atoms with Crippen molar-refractivity contribution in [2.75, 3.05) is 7.11 Å². The highest BCUT2D eigenvalue weighted by Gasteiger charge is 2.07. The summed E-state index contributed by atoms with van der Waals surface area (Å²) in [6.07, 6.45) is 1.59. The van der Waals surface area contributed by atoms with E-state index >= 15 is 0 Å². The van der Waals surface area contributed by atoms with Gasteiger partial charge in [-0.05, 0) is 12.1 Å².